The third-order valence-electron chi connectivity index (χ3n) is 3.16. The second kappa shape index (κ2) is 3.78. The summed E-state index contributed by atoms with van der Waals surface area (Å²) in [5, 5.41) is 8.81. The van der Waals surface area contributed by atoms with E-state index in [9.17, 15) is 18.4 Å². The van der Waals surface area contributed by atoms with Crippen LogP contribution in [0.2, 0.25) is 0 Å². The molecule has 0 saturated heterocycles. The Bertz CT molecular complexity index is 783. The van der Waals surface area contributed by atoms with Crippen molar-refractivity contribution in [3.63, 3.8) is 0 Å². The average Bonchev–Trinajstić information content (AvgIpc) is 2.38. The average molecular weight is 266 g/mol. The molecular formula is C12H8F2N2O3. The van der Waals surface area contributed by atoms with Crippen LogP contribution in [0.4, 0.5) is 8.78 Å². The Morgan fingerprint density at radius 2 is 2.16 bits per heavy atom. The first kappa shape index (κ1) is 11.6. The maximum atomic E-state index is 13.7. The predicted molar refractivity (Wildman–Crippen MR) is 63.0 cm³/mol. The highest BCUT2D eigenvalue weighted by atomic mass is 19.2. The number of pyridine rings is 1. The van der Waals surface area contributed by atoms with Crippen LogP contribution in [0.5, 0.6) is 0 Å². The van der Waals surface area contributed by atoms with Crippen molar-refractivity contribution in [3.05, 3.63) is 45.2 Å². The number of nitrogens with one attached hydrogen (secondary N) is 1. The van der Waals surface area contributed by atoms with Gasteiger partial charge >= 0.3 is 5.97 Å². The molecule has 5 nitrogen and oxygen atoms in total. The van der Waals surface area contributed by atoms with E-state index in [0.29, 0.717) is 6.54 Å². The number of aromatic carboxylic acids is 1. The van der Waals surface area contributed by atoms with Gasteiger partial charge in [0.15, 0.2) is 11.6 Å². The fourth-order valence-electron chi connectivity index (χ4n) is 2.32. The summed E-state index contributed by atoms with van der Waals surface area (Å²) in [7, 11) is 0. The molecule has 0 saturated carbocycles. The van der Waals surface area contributed by atoms with Gasteiger partial charge in [-0.1, -0.05) is 0 Å². The zero-order valence-electron chi connectivity index (χ0n) is 9.54. The van der Waals surface area contributed by atoms with Crippen molar-refractivity contribution in [2.45, 2.75) is 6.42 Å². The summed E-state index contributed by atoms with van der Waals surface area (Å²) in [5.41, 5.74) is 1.80. The lowest BCUT2D eigenvalue weighted by molar-refractivity contribution is 0.0695. The number of hydrogen-bond acceptors (Lipinski definition) is 3. The van der Waals surface area contributed by atoms with Crippen molar-refractivity contribution in [2.24, 2.45) is 0 Å². The zero-order valence-corrected chi connectivity index (χ0v) is 9.54. The lowest BCUT2D eigenvalue weighted by Crippen LogP contribution is -2.30. The van der Waals surface area contributed by atoms with E-state index in [1.165, 1.54) is 4.68 Å². The summed E-state index contributed by atoms with van der Waals surface area (Å²) in [5.74, 6) is -3.55. The Balaban J connectivity index is 2.55. The van der Waals surface area contributed by atoms with Gasteiger partial charge in [-0.05, 0) is 12.5 Å². The molecule has 0 bridgehead atoms. The smallest absolute Gasteiger partial charge is 0.341 e. The monoisotopic (exact) mass is 266 g/mol. The van der Waals surface area contributed by atoms with Gasteiger partial charge in [0.1, 0.15) is 5.56 Å². The molecule has 0 unspecified atom stereocenters. The molecule has 0 aliphatic carbocycles. The van der Waals surface area contributed by atoms with Crippen LogP contribution in [0.25, 0.3) is 10.9 Å². The molecule has 2 N–H and O–H groups in total. The van der Waals surface area contributed by atoms with E-state index in [4.69, 9.17) is 5.11 Å². The Labute approximate surface area is 105 Å². The third kappa shape index (κ3) is 1.51. The van der Waals surface area contributed by atoms with E-state index in [2.05, 4.69) is 5.43 Å². The number of aromatic nitrogens is 1. The Morgan fingerprint density at radius 1 is 1.42 bits per heavy atom. The molecule has 98 valence electrons. The molecule has 0 spiro atoms. The van der Waals surface area contributed by atoms with Crippen LogP contribution in [0.15, 0.2) is 17.1 Å². The van der Waals surface area contributed by atoms with Gasteiger partial charge in [-0.15, -0.1) is 0 Å². The van der Waals surface area contributed by atoms with Crippen molar-refractivity contribution >= 4 is 16.9 Å². The highest BCUT2D eigenvalue weighted by Gasteiger charge is 2.23. The minimum atomic E-state index is -1.41. The first-order valence-electron chi connectivity index (χ1n) is 5.54. The van der Waals surface area contributed by atoms with Gasteiger partial charge in [0, 0.05) is 18.3 Å². The molecule has 19 heavy (non-hydrogen) atoms. The van der Waals surface area contributed by atoms with E-state index in [0.717, 1.165) is 12.3 Å². The molecule has 1 aromatic heterocycles. The van der Waals surface area contributed by atoms with Crippen molar-refractivity contribution < 1.29 is 18.7 Å². The van der Waals surface area contributed by atoms with E-state index in [1.807, 2.05) is 0 Å². The first-order chi connectivity index (χ1) is 9.00. The molecule has 1 aliphatic heterocycles. The fraction of sp³-hybridized carbons (Fsp3) is 0.167. The van der Waals surface area contributed by atoms with Gasteiger partial charge in [0.2, 0.25) is 5.43 Å². The highest BCUT2D eigenvalue weighted by molar-refractivity contribution is 5.93. The van der Waals surface area contributed by atoms with Crippen LogP contribution in [0.1, 0.15) is 15.9 Å². The Kier molecular flexibility index (Phi) is 2.31. The van der Waals surface area contributed by atoms with Crippen LogP contribution in [-0.2, 0) is 6.42 Å². The maximum absolute atomic E-state index is 13.7. The summed E-state index contributed by atoms with van der Waals surface area (Å²) >= 11 is 0. The molecule has 2 heterocycles. The first-order valence-corrected chi connectivity index (χ1v) is 5.54. The van der Waals surface area contributed by atoms with Gasteiger partial charge in [0.25, 0.3) is 0 Å². The number of carboxylic acids is 1. The highest BCUT2D eigenvalue weighted by Crippen LogP contribution is 2.25. The minimum Gasteiger partial charge on any atom is -0.477 e. The van der Waals surface area contributed by atoms with Crippen molar-refractivity contribution in [1.82, 2.24) is 4.68 Å². The van der Waals surface area contributed by atoms with Crippen LogP contribution < -0.4 is 10.9 Å². The standard InChI is InChI=1S/C12H8F2N2O3/c13-8-3-6-10-5(9(8)14)1-2-15-16(10)4-7(11(6)17)12(18)19/h3-4,15H,1-2H2,(H,18,19). The summed E-state index contributed by atoms with van der Waals surface area (Å²) in [6.07, 6.45) is 1.32. The van der Waals surface area contributed by atoms with Crippen LogP contribution in [0.3, 0.4) is 0 Å². The largest absolute Gasteiger partial charge is 0.477 e. The van der Waals surface area contributed by atoms with Gasteiger partial charge in [-0.3, -0.25) is 9.47 Å². The topological polar surface area (TPSA) is 71.3 Å². The summed E-state index contributed by atoms with van der Waals surface area (Å²) in [6, 6.07) is 0.742. The summed E-state index contributed by atoms with van der Waals surface area (Å²) < 4.78 is 28.4. The number of carbonyl (C=O) groups is 1. The molecule has 0 amide bonds. The molecule has 7 heteroatoms. The lowest BCUT2D eigenvalue weighted by Gasteiger charge is -2.22. The summed E-state index contributed by atoms with van der Waals surface area (Å²) in [4.78, 5) is 22.9. The molecule has 0 atom stereocenters. The van der Waals surface area contributed by atoms with Crippen molar-refractivity contribution in [3.8, 4) is 0 Å². The molecule has 1 aliphatic rings. The fourth-order valence-corrected chi connectivity index (χ4v) is 2.32. The third-order valence-corrected chi connectivity index (χ3v) is 3.16. The summed E-state index contributed by atoms with van der Waals surface area (Å²) in [6.45, 7) is 0.324. The lowest BCUT2D eigenvalue weighted by atomic mass is 10.0. The Hall–Kier alpha value is -2.44. The van der Waals surface area contributed by atoms with Gasteiger partial charge in [-0.2, -0.15) is 0 Å². The van der Waals surface area contributed by atoms with Crippen LogP contribution >= 0.6 is 0 Å². The molecule has 2 aromatic rings. The maximum Gasteiger partial charge on any atom is 0.341 e. The molecule has 0 radical (unpaired) electrons. The molecule has 1 aromatic carbocycles. The second-order valence-corrected chi connectivity index (χ2v) is 4.25. The zero-order chi connectivity index (χ0) is 13.7. The van der Waals surface area contributed by atoms with Crippen LogP contribution in [0, 0.1) is 11.6 Å². The number of hydrogen-bond donors (Lipinski definition) is 2. The van der Waals surface area contributed by atoms with E-state index < -0.39 is 28.6 Å². The van der Waals surface area contributed by atoms with Crippen molar-refractivity contribution in [1.29, 1.82) is 0 Å². The van der Waals surface area contributed by atoms with Crippen LogP contribution in [-0.4, -0.2) is 22.3 Å². The van der Waals surface area contributed by atoms with E-state index >= 15 is 0 Å². The predicted octanol–water partition coefficient (Wildman–Crippen LogP) is 1.08. The molecule has 3 rings (SSSR count). The number of carboxylic acid groups (broad SMARTS) is 1. The van der Waals surface area contributed by atoms with Crippen molar-refractivity contribution in [2.75, 3.05) is 12.0 Å². The number of rotatable bonds is 1. The number of halogens is 2. The van der Waals surface area contributed by atoms with Gasteiger partial charge < -0.3 is 10.5 Å². The second-order valence-electron chi connectivity index (χ2n) is 4.25. The minimum absolute atomic E-state index is 0.0859. The van der Waals surface area contributed by atoms with E-state index in [1.54, 1.807) is 0 Å². The van der Waals surface area contributed by atoms with E-state index in [-0.39, 0.29) is 22.9 Å². The SMILES string of the molecule is O=C(O)c1cn2c3c(c(F)c(F)cc3c1=O)CCN2. The van der Waals surface area contributed by atoms with Gasteiger partial charge in [0.05, 0.1) is 10.9 Å². The molecule has 0 fully saturated rings. The van der Waals surface area contributed by atoms with Gasteiger partial charge in [-0.25, -0.2) is 13.6 Å². The Morgan fingerprint density at radius 3 is 2.84 bits per heavy atom. The molecular weight excluding hydrogens is 258 g/mol. The quantitative estimate of drug-likeness (QED) is 0.810. The number of benzene rings is 1. The normalized spacial score (nSPS) is 13.4. The number of nitrogens with zero attached hydrogens (tertiary/aromatic N) is 1.